The van der Waals surface area contributed by atoms with Crippen LogP contribution in [0.4, 0.5) is 0 Å². The lowest BCUT2D eigenvalue weighted by Gasteiger charge is -2.16. The van der Waals surface area contributed by atoms with Crippen LogP contribution in [-0.4, -0.2) is 27.3 Å². The molecule has 7 heteroatoms. The quantitative estimate of drug-likeness (QED) is 0.601. The number of rotatable bonds is 6. The fourth-order valence-corrected chi connectivity index (χ4v) is 5.55. The summed E-state index contributed by atoms with van der Waals surface area (Å²) in [6.45, 7) is 9.20. The molecule has 1 N–H and O–H groups in total. The lowest BCUT2D eigenvalue weighted by Crippen LogP contribution is -2.34. The van der Waals surface area contributed by atoms with E-state index in [4.69, 9.17) is 4.98 Å². The van der Waals surface area contributed by atoms with Crippen molar-refractivity contribution in [3.05, 3.63) is 20.8 Å². The van der Waals surface area contributed by atoms with Crippen molar-refractivity contribution in [2.75, 3.05) is 6.54 Å². The molecule has 0 saturated heterocycles. The predicted molar refractivity (Wildman–Crippen MR) is 109 cm³/mol. The van der Waals surface area contributed by atoms with Crippen molar-refractivity contribution in [2.24, 2.45) is 5.92 Å². The minimum absolute atomic E-state index is 0.00817. The summed E-state index contributed by atoms with van der Waals surface area (Å²) >= 11 is 3.03. The monoisotopic (exact) mass is 393 g/mol. The van der Waals surface area contributed by atoms with Gasteiger partial charge in [-0.25, -0.2) is 4.98 Å². The maximum absolute atomic E-state index is 13.1. The molecule has 0 aromatic carbocycles. The van der Waals surface area contributed by atoms with E-state index in [-0.39, 0.29) is 16.7 Å². The molecular weight excluding hydrogens is 366 g/mol. The number of fused-ring (bicyclic) bond motifs is 3. The molecule has 3 rings (SSSR count). The van der Waals surface area contributed by atoms with E-state index in [0.29, 0.717) is 24.2 Å². The molecule has 0 fully saturated rings. The summed E-state index contributed by atoms with van der Waals surface area (Å²) in [6, 6.07) is 0. The Morgan fingerprint density at radius 1 is 1.31 bits per heavy atom. The number of carbonyl (C=O) groups is 1. The van der Waals surface area contributed by atoms with Crippen LogP contribution in [0.2, 0.25) is 0 Å². The Morgan fingerprint density at radius 3 is 2.73 bits per heavy atom. The van der Waals surface area contributed by atoms with Gasteiger partial charge in [0.25, 0.3) is 5.56 Å². The molecule has 0 unspecified atom stereocenters. The van der Waals surface area contributed by atoms with Crippen LogP contribution < -0.4 is 10.9 Å². The van der Waals surface area contributed by atoms with E-state index in [2.05, 4.69) is 19.2 Å². The third-order valence-corrected chi connectivity index (χ3v) is 6.97. The number of aryl methyl sites for hydroxylation is 2. The summed E-state index contributed by atoms with van der Waals surface area (Å²) in [5, 5.41) is 4.13. The minimum atomic E-state index is -0.287. The summed E-state index contributed by atoms with van der Waals surface area (Å²) in [4.78, 5) is 32.4. The number of aromatic nitrogens is 2. The number of carbonyl (C=O) groups excluding carboxylic acids is 1. The van der Waals surface area contributed by atoms with Crippen LogP contribution in [0.1, 0.15) is 51.0 Å². The third kappa shape index (κ3) is 3.83. The van der Waals surface area contributed by atoms with Crippen molar-refractivity contribution >= 4 is 39.2 Å². The van der Waals surface area contributed by atoms with Crippen LogP contribution in [0.15, 0.2) is 9.95 Å². The normalized spacial score (nSPS) is 15.3. The molecule has 1 amide bonds. The molecule has 2 aromatic rings. The predicted octanol–water partition coefficient (Wildman–Crippen LogP) is 3.61. The number of thiophene rings is 1. The topological polar surface area (TPSA) is 64.0 Å². The summed E-state index contributed by atoms with van der Waals surface area (Å²) < 4.78 is 1.72. The second-order valence-corrected chi connectivity index (χ2v) is 9.63. The van der Waals surface area contributed by atoms with Crippen LogP contribution in [-0.2, 0) is 24.2 Å². The second kappa shape index (κ2) is 8.13. The van der Waals surface area contributed by atoms with Gasteiger partial charge in [-0.2, -0.15) is 0 Å². The first-order valence-electron chi connectivity index (χ1n) is 9.41. The minimum Gasteiger partial charge on any atom is -0.355 e. The van der Waals surface area contributed by atoms with E-state index in [9.17, 15) is 9.59 Å². The van der Waals surface area contributed by atoms with Gasteiger partial charge in [0.05, 0.1) is 10.6 Å². The van der Waals surface area contributed by atoms with Gasteiger partial charge < -0.3 is 5.32 Å². The number of nitrogens with one attached hydrogen (secondary N) is 1. The van der Waals surface area contributed by atoms with Crippen molar-refractivity contribution in [3.8, 4) is 0 Å². The molecule has 0 aliphatic heterocycles. The highest BCUT2D eigenvalue weighted by molar-refractivity contribution is 8.00. The van der Waals surface area contributed by atoms with E-state index in [1.807, 2.05) is 13.8 Å². The van der Waals surface area contributed by atoms with Crippen molar-refractivity contribution in [1.29, 1.82) is 0 Å². The number of amides is 1. The first-order valence-corrected chi connectivity index (χ1v) is 11.1. The van der Waals surface area contributed by atoms with Crippen LogP contribution in [0, 0.1) is 5.92 Å². The summed E-state index contributed by atoms with van der Waals surface area (Å²) in [6.07, 6.45) is 4.37. The average molecular weight is 394 g/mol. The molecule has 1 aliphatic rings. The van der Waals surface area contributed by atoms with Crippen molar-refractivity contribution in [2.45, 2.75) is 70.3 Å². The van der Waals surface area contributed by atoms with Gasteiger partial charge in [-0.3, -0.25) is 14.2 Å². The highest BCUT2D eigenvalue weighted by Gasteiger charge is 2.24. The van der Waals surface area contributed by atoms with Crippen molar-refractivity contribution in [3.63, 3.8) is 0 Å². The lowest BCUT2D eigenvalue weighted by atomic mass is 9.97. The van der Waals surface area contributed by atoms with Gasteiger partial charge in [0.15, 0.2) is 5.16 Å². The first-order chi connectivity index (χ1) is 12.4. The van der Waals surface area contributed by atoms with Gasteiger partial charge in [-0.05, 0) is 51.0 Å². The molecule has 2 aromatic heterocycles. The van der Waals surface area contributed by atoms with Crippen molar-refractivity contribution < 1.29 is 4.79 Å². The molecule has 0 spiro atoms. The van der Waals surface area contributed by atoms with Crippen LogP contribution in [0.3, 0.4) is 0 Å². The number of thioether (sulfide) groups is 1. The Bertz CT molecular complexity index is 870. The van der Waals surface area contributed by atoms with Gasteiger partial charge in [0.2, 0.25) is 5.91 Å². The molecular formula is C19H27N3O2S2. The average Bonchev–Trinajstić information content (AvgIpc) is 2.98. The lowest BCUT2D eigenvalue weighted by molar-refractivity contribution is -0.120. The standard InChI is InChI=1S/C19H27N3O2S2/c1-5-22-18(24)15-13-8-6-7-9-14(13)26-17(15)21-19(22)25-12(4)16(23)20-10-11(2)3/h11-12H,5-10H2,1-4H3,(H,20,23)/t12-/m0/s1. The molecule has 142 valence electrons. The Balaban J connectivity index is 1.93. The van der Waals surface area contributed by atoms with E-state index < -0.39 is 0 Å². The Kier molecular flexibility index (Phi) is 6.07. The van der Waals surface area contributed by atoms with E-state index in [0.717, 1.165) is 29.5 Å². The van der Waals surface area contributed by atoms with Gasteiger partial charge in [0, 0.05) is 18.0 Å². The third-order valence-electron chi connectivity index (χ3n) is 4.69. The Hall–Kier alpha value is -1.34. The fraction of sp³-hybridized carbons (Fsp3) is 0.632. The highest BCUT2D eigenvalue weighted by atomic mass is 32.2. The van der Waals surface area contributed by atoms with Gasteiger partial charge >= 0.3 is 0 Å². The number of nitrogens with zero attached hydrogens (tertiary/aromatic N) is 2. The summed E-state index contributed by atoms with van der Waals surface area (Å²) in [7, 11) is 0. The first kappa shape index (κ1) is 19.4. The fourth-order valence-electron chi connectivity index (χ4n) is 3.25. The van der Waals surface area contributed by atoms with Crippen LogP contribution >= 0.6 is 23.1 Å². The molecule has 1 aliphatic carbocycles. The molecule has 26 heavy (non-hydrogen) atoms. The Morgan fingerprint density at radius 2 is 2.04 bits per heavy atom. The SMILES string of the molecule is CCn1c(S[C@@H](C)C(=O)NCC(C)C)nc2sc3c(c2c1=O)CCCC3. The van der Waals surface area contributed by atoms with Crippen molar-refractivity contribution in [1.82, 2.24) is 14.9 Å². The number of hydrogen-bond donors (Lipinski definition) is 1. The smallest absolute Gasteiger partial charge is 0.263 e. The van der Waals surface area contributed by atoms with Crippen LogP contribution in [0.25, 0.3) is 10.2 Å². The molecule has 5 nitrogen and oxygen atoms in total. The zero-order valence-corrected chi connectivity index (χ0v) is 17.6. The molecule has 1 atom stereocenters. The molecule has 0 radical (unpaired) electrons. The second-order valence-electron chi connectivity index (χ2n) is 7.23. The van der Waals surface area contributed by atoms with Gasteiger partial charge in [-0.1, -0.05) is 25.6 Å². The molecule has 0 saturated carbocycles. The maximum atomic E-state index is 13.1. The van der Waals surface area contributed by atoms with E-state index >= 15 is 0 Å². The molecule has 2 heterocycles. The van der Waals surface area contributed by atoms with E-state index in [1.165, 1.54) is 28.6 Å². The highest BCUT2D eigenvalue weighted by Crippen LogP contribution is 2.35. The number of hydrogen-bond acceptors (Lipinski definition) is 5. The van der Waals surface area contributed by atoms with Gasteiger partial charge in [0.1, 0.15) is 4.83 Å². The maximum Gasteiger partial charge on any atom is 0.263 e. The zero-order valence-electron chi connectivity index (χ0n) is 15.9. The largest absolute Gasteiger partial charge is 0.355 e. The Labute approximate surface area is 162 Å². The van der Waals surface area contributed by atoms with Gasteiger partial charge in [-0.15, -0.1) is 11.3 Å². The van der Waals surface area contributed by atoms with Crippen LogP contribution in [0.5, 0.6) is 0 Å². The summed E-state index contributed by atoms with van der Waals surface area (Å²) in [5.74, 6) is 0.406. The van der Waals surface area contributed by atoms with E-state index in [1.54, 1.807) is 15.9 Å². The molecule has 0 bridgehead atoms. The zero-order chi connectivity index (χ0) is 18.8. The summed E-state index contributed by atoms with van der Waals surface area (Å²) in [5.41, 5.74) is 1.27.